The van der Waals surface area contributed by atoms with Crippen LogP contribution in [0.4, 0.5) is 24.8 Å². The number of aromatic nitrogens is 3. The van der Waals surface area contributed by atoms with Crippen LogP contribution >= 0.6 is 23.7 Å². The summed E-state index contributed by atoms with van der Waals surface area (Å²) in [5.41, 5.74) is 1.09. The number of sulfonamides is 1. The molecule has 0 amide bonds. The van der Waals surface area contributed by atoms with Crippen molar-refractivity contribution < 1.29 is 21.6 Å². The fourth-order valence-corrected chi connectivity index (χ4v) is 6.69. The van der Waals surface area contributed by atoms with Crippen LogP contribution in [0.2, 0.25) is 0 Å². The first kappa shape index (κ1) is 31.7. The largest absolute Gasteiger partial charge is 0.354 e. The molecule has 0 atom stereocenters. The molecule has 3 heterocycles. The highest BCUT2D eigenvalue weighted by atomic mass is 35.5. The molecule has 1 aliphatic heterocycles. The normalized spacial score (nSPS) is 14.0. The van der Waals surface area contributed by atoms with Gasteiger partial charge in [-0.2, -0.15) is 0 Å². The van der Waals surface area contributed by atoms with E-state index in [-0.39, 0.29) is 18.3 Å². The molecule has 0 bridgehead atoms. The van der Waals surface area contributed by atoms with E-state index >= 15 is 0 Å². The minimum Gasteiger partial charge on any atom is -0.354 e. The molecule has 0 aliphatic carbocycles. The van der Waals surface area contributed by atoms with Gasteiger partial charge in [0.1, 0.15) is 22.3 Å². The van der Waals surface area contributed by atoms with Crippen molar-refractivity contribution in [2.75, 3.05) is 29.7 Å². The van der Waals surface area contributed by atoms with E-state index in [9.17, 15) is 21.6 Å². The Morgan fingerprint density at radius 2 is 1.76 bits per heavy atom. The van der Waals surface area contributed by atoms with Gasteiger partial charge in [0, 0.05) is 24.2 Å². The van der Waals surface area contributed by atoms with Crippen LogP contribution in [0, 0.1) is 23.4 Å². The quantitative estimate of drug-likeness (QED) is 0.194. The van der Waals surface area contributed by atoms with E-state index in [1.165, 1.54) is 23.5 Å². The van der Waals surface area contributed by atoms with Crippen LogP contribution in [0.3, 0.4) is 0 Å². The zero-order chi connectivity index (χ0) is 29.1. The van der Waals surface area contributed by atoms with Crippen molar-refractivity contribution in [2.45, 2.75) is 37.5 Å². The van der Waals surface area contributed by atoms with Crippen LogP contribution in [0.5, 0.6) is 0 Å². The number of nitrogens with zero attached hydrogens (tertiary/aromatic N) is 3. The Hall–Kier alpha value is -3.26. The Morgan fingerprint density at radius 1 is 1.02 bits per heavy atom. The number of rotatable bonds is 9. The molecule has 0 saturated carbocycles. The minimum absolute atomic E-state index is 0. The minimum atomic E-state index is -4.64. The molecular formula is C28H30ClF3N6O2S2. The van der Waals surface area contributed by atoms with Gasteiger partial charge in [-0.3, -0.25) is 4.72 Å². The lowest BCUT2D eigenvalue weighted by Crippen LogP contribution is -2.31. The molecule has 224 valence electrons. The van der Waals surface area contributed by atoms with E-state index in [1.807, 2.05) is 13.8 Å². The van der Waals surface area contributed by atoms with Gasteiger partial charge >= 0.3 is 0 Å². The number of hydrogen-bond donors (Lipinski definition) is 3. The van der Waals surface area contributed by atoms with Crippen LogP contribution in [-0.4, -0.2) is 43.0 Å². The number of benzene rings is 2. The zero-order valence-corrected chi connectivity index (χ0v) is 25.3. The van der Waals surface area contributed by atoms with Crippen molar-refractivity contribution in [3.8, 4) is 21.8 Å². The fraction of sp³-hybridized carbons (Fsp3) is 0.321. The van der Waals surface area contributed by atoms with Crippen molar-refractivity contribution in [3.05, 3.63) is 71.1 Å². The van der Waals surface area contributed by atoms with Gasteiger partial charge in [-0.25, -0.2) is 36.5 Å². The van der Waals surface area contributed by atoms with E-state index in [4.69, 9.17) is 9.97 Å². The molecule has 5 rings (SSSR count). The second-order valence-corrected chi connectivity index (χ2v) is 12.8. The maximum absolute atomic E-state index is 14.8. The predicted molar refractivity (Wildman–Crippen MR) is 161 cm³/mol. The third-order valence-electron chi connectivity index (χ3n) is 6.70. The Bertz CT molecular complexity index is 1660. The van der Waals surface area contributed by atoms with Gasteiger partial charge in [-0.1, -0.05) is 13.8 Å². The van der Waals surface area contributed by atoms with E-state index in [2.05, 4.69) is 20.3 Å². The molecule has 2 aromatic carbocycles. The van der Waals surface area contributed by atoms with Crippen LogP contribution in [-0.2, 0) is 10.0 Å². The highest BCUT2D eigenvalue weighted by molar-refractivity contribution is 7.92. The number of halogens is 4. The standard InChI is InChI=1S/C28H29F3N6O2S2.ClH/c1-16(2)27-36-25(26(40-27)22-9-12-33-28(35-22)34-15-17-7-10-32-11-8-17)18-3-5-20(30)23(13-18)37-41(38,39)24-14-19(29)4-6-21(24)31;/h3-6,9,12-14,16-17,32,37H,7-8,10-11,15H2,1-2H3,(H,33,34,35);1H. The monoisotopic (exact) mass is 638 g/mol. The second kappa shape index (κ2) is 13.4. The first-order chi connectivity index (χ1) is 19.6. The van der Waals surface area contributed by atoms with Crippen LogP contribution in [0.25, 0.3) is 21.8 Å². The molecular weight excluding hydrogens is 609 g/mol. The lowest BCUT2D eigenvalue weighted by atomic mass is 9.98. The summed E-state index contributed by atoms with van der Waals surface area (Å²) >= 11 is 1.43. The van der Waals surface area contributed by atoms with Gasteiger partial charge in [-0.05, 0) is 74.3 Å². The molecule has 0 unspecified atom stereocenters. The molecule has 0 radical (unpaired) electrons. The molecule has 3 N–H and O–H groups in total. The van der Waals surface area contributed by atoms with Gasteiger partial charge in [0.15, 0.2) is 0 Å². The Kier molecular flexibility index (Phi) is 10.1. The van der Waals surface area contributed by atoms with Gasteiger partial charge < -0.3 is 10.6 Å². The number of piperidine rings is 1. The Labute approximate surface area is 252 Å². The third kappa shape index (κ3) is 7.20. The fourth-order valence-electron chi connectivity index (χ4n) is 4.48. The molecule has 42 heavy (non-hydrogen) atoms. The van der Waals surface area contributed by atoms with Crippen molar-refractivity contribution in [1.29, 1.82) is 0 Å². The van der Waals surface area contributed by atoms with Crippen LogP contribution < -0.4 is 15.4 Å². The Balaban J connectivity index is 0.00000405. The first-order valence-corrected chi connectivity index (χ1v) is 15.5. The second-order valence-electron chi connectivity index (χ2n) is 10.1. The van der Waals surface area contributed by atoms with E-state index in [0.717, 1.165) is 49.6 Å². The first-order valence-electron chi connectivity index (χ1n) is 13.2. The molecule has 0 spiro atoms. The topological polar surface area (TPSA) is 109 Å². The summed E-state index contributed by atoms with van der Waals surface area (Å²) in [6.45, 7) is 6.72. The predicted octanol–water partition coefficient (Wildman–Crippen LogP) is 6.44. The summed E-state index contributed by atoms with van der Waals surface area (Å²) in [5.74, 6) is -1.90. The molecule has 4 aromatic rings. The summed E-state index contributed by atoms with van der Waals surface area (Å²) < 4.78 is 70.4. The lowest BCUT2D eigenvalue weighted by molar-refractivity contribution is 0.389. The smallest absolute Gasteiger partial charge is 0.265 e. The lowest BCUT2D eigenvalue weighted by Gasteiger charge is -2.22. The van der Waals surface area contributed by atoms with Crippen LogP contribution in [0.15, 0.2) is 53.6 Å². The summed E-state index contributed by atoms with van der Waals surface area (Å²) in [5, 5.41) is 7.49. The average Bonchev–Trinajstić information content (AvgIpc) is 3.41. The summed E-state index contributed by atoms with van der Waals surface area (Å²) in [6, 6.07) is 7.66. The van der Waals surface area contributed by atoms with Gasteiger partial charge in [-0.15, -0.1) is 23.7 Å². The molecule has 1 aliphatic rings. The highest BCUT2D eigenvalue weighted by Gasteiger charge is 2.24. The molecule has 1 fully saturated rings. The van der Waals surface area contributed by atoms with Gasteiger partial charge in [0.25, 0.3) is 10.0 Å². The van der Waals surface area contributed by atoms with Crippen molar-refractivity contribution in [3.63, 3.8) is 0 Å². The number of nitrogens with one attached hydrogen (secondary N) is 3. The van der Waals surface area contributed by atoms with Crippen LogP contribution in [0.1, 0.15) is 37.6 Å². The number of hydrogen-bond acceptors (Lipinski definition) is 8. The molecule has 14 heteroatoms. The highest BCUT2D eigenvalue weighted by Crippen LogP contribution is 2.39. The maximum atomic E-state index is 14.8. The van der Waals surface area contributed by atoms with E-state index in [0.29, 0.717) is 45.8 Å². The van der Waals surface area contributed by atoms with Crippen molar-refractivity contribution in [1.82, 2.24) is 20.3 Å². The van der Waals surface area contributed by atoms with Crippen molar-refractivity contribution in [2.24, 2.45) is 5.92 Å². The molecule has 8 nitrogen and oxygen atoms in total. The molecule has 2 aromatic heterocycles. The average molecular weight is 639 g/mol. The van der Waals surface area contributed by atoms with E-state index < -0.39 is 38.1 Å². The summed E-state index contributed by atoms with van der Waals surface area (Å²) in [4.78, 5) is 13.6. The SMILES string of the molecule is CC(C)c1nc(-c2ccc(F)c(NS(=O)(=O)c3cc(F)ccc3F)c2)c(-c2ccnc(NCC3CCNCC3)n2)s1.Cl. The number of anilines is 2. The zero-order valence-electron chi connectivity index (χ0n) is 22.8. The summed E-state index contributed by atoms with van der Waals surface area (Å²) in [6.07, 6.45) is 3.81. The summed E-state index contributed by atoms with van der Waals surface area (Å²) in [7, 11) is -4.64. The van der Waals surface area contributed by atoms with Gasteiger partial charge in [0.2, 0.25) is 5.95 Å². The molecule has 1 saturated heterocycles. The number of thiazole rings is 1. The Morgan fingerprint density at radius 3 is 2.50 bits per heavy atom. The van der Waals surface area contributed by atoms with Gasteiger partial charge in [0.05, 0.1) is 27.0 Å². The maximum Gasteiger partial charge on any atom is 0.265 e. The van der Waals surface area contributed by atoms with Crippen molar-refractivity contribution >= 4 is 45.4 Å². The third-order valence-corrected chi connectivity index (χ3v) is 9.46. The van der Waals surface area contributed by atoms with E-state index in [1.54, 1.807) is 12.3 Å².